The van der Waals surface area contributed by atoms with Gasteiger partial charge in [-0.15, -0.1) is 11.3 Å². The van der Waals surface area contributed by atoms with Crippen LogP contribution in [0.2, 0.25) is 0 Å². The van der Waals surface area contributed by atoms with Gasteiger partial charge in [0.15, 0.2) is 0 Å². The molecule has 2 rings (SSSR count). The highest BCUT2D eigenvalue weighted by molar-refractivity contribution is 7.09. The first-order chi connectivity index (χ1) is 11.9. The molecule has 1 aromatic carbocycles. The number of rotatable bonds is 7. The van der Waals surface area contributed by atoms with Gasteiger partial charge in [0.1, 0.15) is 5.69 Å². The minimum Gasteiger partial charge on any atom is -0.352 e. The van der Waals surface area contributed by atoms with Gasteiger partial charge in [0.2, 0.25) is 0 Å². The maximum absolute atomic E-state index is 12.3. The lowest BCUT2D eigenvalue weighted by molar-refractivity contribution is 0.0948. The van der Waals surface area contributed by atoms with E-state index in [0.29, 0.717) is 42.4 Å². The van der Waals surface area contributed by atoms with E-state index in [1.54, 1.807) is 23.6 Å². The molecule has 6 nitrogen and oxygen atoms in total. The van der Waals surface area contributed by atoms with Crippen molar-refractivity contribution in [2.24, 2.45) is 11.7 Å². The van der Waals surface area contributed by atoms with Gasteiger partial charge in [-0.05, 0) is 43.1 Å². The van der Waals surface area contributed by atoms with E-state index >= 15 is 0 Å². The van der Waals surface area contributed by atoms with Crippen molar-refractivity contribution in [2.75, 3.05) is 18.4 Å². The van der Waals surface area contributed by atoms with E-state index in [-0.39, 0.29) is 11.8 Å². The Labute approximate surface area is 151 Å². The van der Waals surface area contributed by atoms with E-state index in [1.165, 1.54) is 11.3 Å². The molecule has 0 atom stereocenters. The lowest BCUT2D eigenvalue weighted by atomic mass is 10.1. The fourth-order valence-corrected chi connectivity index (χ4v) is 2.98. The summed E-state index contributed by atoms with van der Waals surface area (Å²) < 4.78 is 0. The monoisotopic (exact) mass is 360 g/mol. The first kappa shape index (κ1) is 19.1. The van der Waals surface area contributed by atoms with Gasteiger partial charge < -0.3 is 16.4 Å². The fraction of sp³-hybridized carbons (Fsp3) is 0.389. The topological polar surface area (TPSA) is 97.1 Å². The summed E-state index contributed by atoms with van der Waals surface area (Å²) in [4.78, 5) is 28.7. The van der Waals surface area contributed by atoms with E-state index < -0.39 is 0 Å². The number of hydrogen-bond donors (Lipinski definition) is 3. The maximum Gasteiger partial charge on any atom is 0.275 e. The number of hydrogen-bond acceptors (Lipinski definition) is 5. The summed E-state index contributed by atoms with van der Waals surface area (Å²) in [5.41, 5.74) is 7.95. The molecular formula is C18H24N4O2S. The SMILES string of the molecule is Cc1cc(C(=O)NCC(C)C)ccc1NC(=O)c1csc(CCN)n1. The van der Waals surface area contributed by atoms with E-state index in [0.717, 1.165) is 10.6 Å². The maximum atomic E-state index is 12.3. The van der Waals surface area contributed by atoms with Gasteiger partial charge in [-0.3, -0.25) is 9.59 Å². The first-order valence-electron chi connectivity index (χ1n) is 8.25. The van der Waals surface area contributed by atoms with Crippen molar-refractivity contribution < 1.29 is 9.59 Å². The smallest absolute Gasteiger partial charge is 0.275 e. The summed E-state index contributed by atoms with van der Waals surface area (Å²) in [7, 11) is 0. The van der Waals surface area contributed by atoms with Gasteiger partial charge in [-0.1, -0.05) is 13.8 Å². The van der Waals surface area contributed by atoms with Crippen LogP contribution in [0.5, 0.6) is 0 Å². The second kappa shape index (κ2) is 8.73. The molecule has 0 bridgehead atoms. The largest absolute Gasteiger partial charge is 0.352 e. The molecule has 2 amide bonds. The number of anilines is 1. The normalized spacial score (nSPS) is 10.8. The van der Waals surface area contributed by atoms with Gasteiger partial charge in [0.25, 0.3) is 11.8 Å². The lowest BCUT2D eigenvalue weighted by Crippen LogP contribution is -2.27. The Balaban J connectivity index is 2.04. The summed E-state index contributed by atoms with van der Waals surface area (Å²) in [6, 6.07) is 5.22. The Kier molecular flexibility index (Phi) is 6.66. The molecule has 4 N–H and O–H groups in total. The molecule has 0 aliphatic carbocycles. The predicted molar refractivity (Wildman–Crippen MR) is 101 cm³/mol. The Morgan fingerprint density at radius 2 is 2.04 bits per heavy atom. The van der Waals surface area contributed by atoms with Crippen LogP contribution >= 0.6 is 11.3 Å². The fourth-order valence-electron chi connectivity index (χ4n) is 2.18. The number of aryl methyl sites for hydroxylation is 1. The molecule has 0 saturated carbocycles. The summed E-state index contributed by atoms with van der Waals surface area (Å²) in [6.07, 6.45) is 0.664. The number of amides is 2. The number of carbonyl (C=O) groups excluding carboxylic acids is 2. The number of nitrogens with zero attached hydrogens (tertiary/aromatic N) is 1. The van der Waals surface area contributed by atoms with E-state index in [4.69, 9.17) is 5.73 Å². The van der Waals surface area contributed by atoms with Crippen molar-refractivity contribution >= 4 is 28.8 Å². The Morgan fingerprint density at radius 1 is 1.28 bits per heavy atom. The van der Waals surface area contributed by atoms with Crippen molar-refractivity contribution in [3.05, 3.63) is 45.4 Å². The zero-order chi connectivity index (χ0) is 18.4. The Morgan fingerprint density at radius 3 is 2.68 bits per heavy atom. The third-order valence-electron chi connectivity index (χ3n) is 3.55. The van der Waals surface area contributed by atoms with E-state index in [1.807, 2.05) is 20.8 Å². The summed E-state index contributed by atoms with van der Waals surface area (Å²) in [5, 5.41) is 8.30. The van der Waals surface area contributed by atoms with E-state index in [2.05, 4.69) is 15.6 Å². The van der Waals surface area contributed by atoms with Crippen molar-refractivity contribution in [3.63, 3.8) is 0 Å². The number of nitrogens with one attached hydrogen (secondary N) is 2. The summed E-state index contributed by atoms with van der Waals surface area (Å²) >= 11 is 1.43. The molecule has 0 aliphatic rings. The van der Waals surface area contributed by atoms with Crippen LogP contribution < -0.4 is 16.4 Å². The quantitative estimate of drug-likeness (QED) is 0.707. The molecule has 2 aromatic rings. The Hall–Kier alpha value is -2.25. The summed E-state index contributed by atoms with van der Waals surface area (Å²) in [6.45, 7) is 7.08. The molecule has 1 heterocycles. The van der Waals surface area contributed by atoms with Crippen molar-refractivity contribution in [1.29, 1.82) is 0 Å². The Bertz CT molecular complexity index is 755. The van der Waals surface area contributed by atoms with Crippen LogP contribution in [0.15, 0.2) is 23.6 Å². The minimum atomic E-state index is -0.264. The average Bonchev–Trinajstić information content (AvgIpc) is 3.03. The molecule has 134 valence electrons. The second-order valence-corrected chi connectivity index (χ2v) is 7.20. The third kappa shape index (κ3) is 5.37. The van der Waals surface area contributed by atoms with E-state index in [9.17, 15) is 9.59 Å². The number of aromatic nitrogens is 1. The molecule has 25 heavy (non-hydrogen) atoms. The molecule has 1 aromatic heterocycles. The van der Waals surface area contributed by atoms with Crippen molar-refractivity contribution in [1.82, 2.24) is 10.3 Å². The average molecular weight is 360 g/mol. The van der Waals surface area contributed by atoms with Crippen LogP contribution in [0.25, 0.3) is 0 Å². The zero-order valence-electron chi connectivity index (χ0n) is 14.8. The predicted octanol–water partition coefficient (Wildman–Crippen LogP) is 2.59. The molecular weight excluding hydrogens is 336 g/mol. The third-order valence-corrected chi connectivity index (χ3v) is 4.46. The molecule has 0 fully saturated rings. The molecule has 0 saturated heterocycles. The number of carbonyl (C=O) groups is 2. The summed E-state index contributed by atoms with van der Waals surface area (Å²) in [5.74, 6) is 0.0196. The van der Waals surface area contributed by atoms with Gasteiger partial charge in [-0.25, -0.2) is 4.98 Å². The standard InChI is InChI=1S/C18H24N4O2S/c1-11(2)9-20-17(23)13-4-5-14(12(3)8-13)22-18(24)15-10-25-16(21-15)6-7-19/h4-5,8,10-11H,6-7,9,19H2,1-3H3,(H,20,23)(H,22,24). The molecule has 0 unspecified atom stereocenters. The van der Waals surface area contributed by atoms with Crippen molar-refractivity contribution in [3.8, 4) is 0 Å². The van der Waals surface area contributed by atoms with Gasteiger partial charge in [0, 0.05) is 29.6 Å². The van der Waals surface area contributed by atoms with Crippen LogP contribution in [0.4, 0.5) is 5.69 Å². The van der Waals surface area contributed by atoms with Crippen LogP contribution in [-0.2, 0) is 6.42 Å². The lowest BCUT2D eigenvalue weighted by Gasteiger charge is -2.11. The van der Waals surface area contributed by atoms with Crippen LogP contribution in [0, 0.1) is 12.8 Å². The number of nitrogens with two attached hydrogens (primary N) is 1. The first-order valence-corrected chi connectivity index (χ1v) is 9.13. The van der Waals surface area contributed by atoms with Crippen LogP contribution in [-0.4, -0.2) is 29.9 Å². The highest BCUT2D eigenvalue weighted by Gasteiger charge is 2.13. The van der Waals surface area contributed by atoms with Gasteiger partial charge in [-0.2, -0.15) is 0 Å². The highest BCUT2D eigenvalue weighted by Crippen LogP contribution is 2.18. The highest BCUT2D eigenvalue weighted by atomic mass is 32.1. The molecule has 0 spiro atoms. The molecule has 0 aliphatic heterocycles. The van der Waals surface area contributed by atoms with Crippen molar-refractivity contribution in [2.45, 2.75) is 27.2 Å². The van der Waals surface area contributed by atoms with Crippen LogP contribution in [0.3, 0.4) is 0 Å². The molecule has 0 radical (unpaired) electrons. The minimum absolute atomic E-state index is 0.111. The molecule has 7 heteroatoms. The van der Waals surface area contributed by atoms with Gasteiger partial charge in [0.05, 0.1) is 5.01 Å². The van der Waals surface area contributed by atoms with Gasteiger partial charge >= 0.3 is 0 Å². The number of thiazole rings is 1. The van der Waals surface area contributed by atoms with Crippen LogP contribution in [0.1, 0.15) is 45.3 Å². The zero-order valence-corrected chi connectivity index (χ0v) is 15.6. The number of benzene rings is 1. The second-order valence-electron chi connectivity index (χ2n) is 6.25.